The summed E-state index contributed by atoms with van der Waals surface area (Å²) in [5, 5.41) is 0. The number of rotatable bonds is 4. The molecule has 2 N–H and O–H groups in total. The average Bonchev–Trinajstić information content (AvgIpc) is 2.80. The summed E-state index contributed by atoms with van der Waals surface area (Å²) in [6, 6.07) is 3.38. The van der Waals surface area contributed by atoms with E-state index in [1.165, 1.54) is 6.07 Å². The van der Waals surface area contributed by atoms with E-state index in [1.54, 1.807) is 18.5 Å². The van der Waals surface area contributed by atoms with Crippen molar-refractivity contribution in [3.63, 3.8) is 0 Å². The third kappa shape index (κ3) is 3.85. The second kappa shape index (κ2) is 6.19. The van der Waals surface area contributed by atoms with E-state index in [1.807, 2.05) is 11.6 Å². The summed E-state index contributed by atoms with van der Waals surface area (Å²) >= 11 is 3.06. The maximum atomic E-state index is 13.1. The molecule has 0 saturated heterocycles. The summed E-state index contributed by atoms with van der Waals surface area (Å²) in [5.41, 5.74) is 5.38. The van der Waals surface area contributed by atoms with Gasteiger partial charge in [-0.25, -0.2) is 4.98 Å². The van der Waals surface area contributed by atoms with Gasteiger partial charge in [0.25, 0.3) is 0 Å². The maximum Gasteiger partial charge on any atom is 0.416 e. The van der Waals surface area contributed by atoms with Gasteiger partial charge in [-0.05, 0) is 24.1 Å². The number of imidazole rings is 1. The van der Waals surface area contributed by atoms with Gasteiger partial charge < -0.3 is 10.3 Å². The van der Waals surface area contributed by atoms with Gasteiger partial charge in [0.1, 0.15) is 5.82 Å². The second-order valence-corrected chi connectivity index (χ2v) is 5.74. The van der Waals surface area contributed by atoms with E-state index in [0.717, 1.165) is 11.9 Å². The minimum Gasteiger partial charge on any atom is -0.338 e. The zero-order valence-electron chi connectivity index (χ0n) is 11.4. The van der Waals surface area contributed by atoms with Crippen molar-refractivity contribution < 1.29 is 13.2 Å². The van der Waals surface area contributed by atoms with Crippen molar-refractivity contribution in [2.24, 2.45) is 12.8 Å². The van der Waals surface area contributed by atoms with Gasteiger partial charge in [-0.2, -0.15) is 13.2 Å². The lowest BCUT2D eigenvalue weighted by Gasteiger charge is -2.18. The van der Waals surface area contributed by atoms with Crippen LogP contribution in [0.4, 0.5) is 13.2 Å². The number of hydrogen-bond donors (Lipinski definition) is 1. The molecule has 21 heavy (non-hydrogen) atoms. The molecule has 0 amide bonds. The van der Waals surface area contributed by atoms with Crippen LogP contribution in [0.2, 0.25) is 0 Å². The Morgan fingerprint density at radius 1 is 1.38 bits per heavy atom. The van der Waals surface area contributed by atoms with Crippen LogP contribution in [-0.4, -0.2) is 9.55 Å². The monoisotopic (exact) mass is 361 g/mol. The fourth-order valence-corrected chi connectivity index (χ4v) is 2.54. The van der Waals surface area contributed by atoms with E-state index >= 15 is 0 Å². The van der Waals surface area contributed by atoms with Crippen molar-refractivity contribution in [3.8, 4) is 0 Å². The zero-order valence-corrected chi connectivity index (χ0v) is 12.9. The zero-order chi connectivity index (χ0) is 15.6. The third-order valence-corrected chi connectivity index (χ3v) is 3.81. The fraction of sp³-hybridized carbons (Fsp3) is 0.357. The Morgan fingerprint density at radius 3 is 2.67 bits per heavy atom. The highest BCUT2D eigenvalue weighted by molar-refractivity contribution is 9.10. The van der Waals surface area contributed by atoms with E-state index < -0.39 is 17.8 Å². The molecule has 2 rings (SSSR count). The molecule has 1 heterocycles. The number of aryl methyl sites for hydroxylation is 2. The lowest BCUT2D eigenvalue weighted by Crippen LogP contribution is -2.18. The lowest BCUT2D eigenvalue weighted by atomic mass is 9.97. The van der Waals surface area contributed by atoms with E-state index in [2.05, 4.69) is 20.9 Å². The minimum absolute atomic E-state index is 0.111. The molecule has 0 bridgehead atoms. The molecule has 3 nitrogen and oxygen atoms in total. The molecular weight excluding hydrogens is 347 g/mol. The number of nitrogens with zero attached hydrogens (tertiary/aromatic N) is 2. The molecule has 1 aromatic carbocycles. The third-order valence-electron chi connectivity index (χ3n) is 3.32. The van der Waals surface area contributed by atoms with Crippen molar-refractivity contribution in [3.05, 3.63) is 52.0 Å². The van der Waals surface area contributed by atoms with Crippen LogP contribution in [0.1, 0.15) is 29.4 Å². The Labute approximate surface area is 129 Å². The molecule has 2 aromatic rings. The van der Waals surface area contributed by atoms with Crippen molar-refractivity contribution in [1.82, 2.24) is 9.55 Å². The highest BCUT2D eigenvalue weighted by Gasteiger charge is 2.34. The molecule has 114 valence electrons. The molecule has 1 aromatic heterocycles. The van der Waals surface area contributed by atoms with Crippen LogP contribution < -0.4 is 5.73 Å². The first-order chi connectivity index (χ1) is 9.79. The molecule has 1 atom stereocenters. The number of hydrogen-bond acceptors (Lipinski definition) is 2. The maximum absolute atomic E-state index is 13.1. The van der Waals surface area contributed by atoms with Gasteiger partial charge >= 0.3 is 6.18 Å². The predicted octanol–water partition coefficient (Wildman–Crippen LogP) is 3.83. The van der Waals surface area contributed by atoms with Crippen LogP contribution >= 0.6 is 15.9 Å². The van der Waals surface area contributed by atoms with Crippen LogP contribution in [0.5, 0.6) is 0 Å². The van der Waals surface area contributed by atoms with E-state index in [0.29, 0.717) is 17.3 Å². The summed E-state index contributed by atoms with van der Waals surface area (Å²) in [4.78, 5) is 4.14. The van der Waals surface area contributed by atoms with Crippen LogP contribution in [0.3, 0.4) is 0 Å². The first-order valence-electron chi connectivity index (χ1n) is 6.37. The van der Waals surface area contributed by atoms with Gasteiger partial charge in [0.05, 0.1) is 5.56 Å². The number of aromatic nitrogens is 2. The number of halogens is 4. The molecule has 0 radical (unpaired) electrons. The fourth-order valence-electron chi connectivity index (χ4n) is 2.17. The van der Waals surface area contributed by atoms with Crippen LogP contribution in [0, 0.1) is 0 Å². The lowest BCUT2D eigenvalue weighted by molar-refractivity contribution is -0.138. The second-order valence-electron chi connectivity index (χ2n) is 4.83. The Bertz CT molecular complexity index is 622. The summed E-state index contributed by atoms with van der Waals surface area (Å²) in [6.07, 6.45) is -0.0448. The normalized spacial score (nSPS) is 13.4. The summed E-state index contributed by atoms with van der Waals surface area (Å²) < 4.78 is 41.4. The van der Waals surface area contributed by atoms with Crippen LogP contribution in [-0.2, 0) is 19.6 Å². The van der Waals surface area contributed by atoms with Crippen LogP contribution in [0.15, 0.2) is 35.1 Å². The van der Waals surface area contributed by atoms with E-state index in [4.69, 9.17) is 5.73 Å². The molecule has 0 fully saturated rings. The molecule has 0 aliphatic rings. The number of nitrogens with two attached hydrogens (primary N) is 1. The van der Waals surface area contributed by atoms with Crippen molar-refractivity contribution in [1.29, 1.82) is 0 Å². The first kappa shape index (κ1) is 16.0. The highest BCUT2D eigenvalue weighted by Crippen LogP contribution is 2.36. The van der Waals surface area contributed by atoms with Crippen molar-refractivity contribution in [2.75, 3.05) is 0 Å². The Morgan fingerprint density at radius 2 is 2.10 bits per heavy atom. The van der Waals surface area contributed by atoms with Crippen molar-refractivity contribution in [2.45, 2.75) is 25.1 Å². The summed E-state index contributed by atoms with van der Waals surface area (Å²) in [5.74, 6) is 0.802. The van der Waals surface area contributed by atoms with Crippen LogP contribution in [0.25, 0.3) is 0 Å². The topological polar surface area (TPSA) is 43.8 Å². The Kier molecular flexibility index (Phi) is 4.73. The summed E-state index contributed by atoms with van der Waals surface area (Å²) in [6.45, 7) is 0. The minimum atomic E-state index is -4.42. The van der Waals surface area contributed by atoms with E-state index in [-0.39, 0.29) is 5.56 Å². The Balaban J connectivity index is 2.19. The quantitative estimate of drug-likeness (QED) is 0.898. The van der Waals surface area contributed by atoms with Crippen molar-refractivity contribution >= 4 is 15.9 Å². The SMILES string of the molecule is Cn1ccnc1CCC(N)c1ccc(Br)cc1C(F)(F)F. The van der Waals surface area contributed by atoms with Gasteiger partial charge in [0, 0.05) is 36.4 Å². The standard InChI is InChI=1S/C14H15BrF3N3/c1-21-7-6-20-13(21)5-4-12(19)10-3-2-9(15)8-11(10)14(16,17)18/h2-3,6-8,12H,4-5,19H2,1H3. The highest BCUT2D eigenvalue weighted by atomic mass is 79.9. The van der Waals surface area contributed by atoms with E-state index in [9.17, 15) is 13.2 Å². The first-order valence-corrected chi connectivity index (χ1v) is 7.16. The molecular formula is C14H15BrF3N3. The molecule has 1 unspecified atom stereocenters. The molecule has 0 aliphatic carbocycles. The summed E-state index contributed by atoms with van der Waals surface area (Å²) in [7, 11) is 1.84. The van der Waals surface area contributed by atoms with Gasteiger partial charge in [-0.15, -0.1) is 0 Å². The number of benzene rings is 1. The Hall–Kier alpha value is -1.34. The predicted molar refractivity (Wildman–Crippen MR) is 77.6 cm³/mol. The molecule has 7 heteroatoms. The van der Waals surface area contributed by atoms with Gasteiger partial charge in [-0.1, -0.05) is 22.0 Å². The number of alkyl halides is 3. The smallest absolute Gasteiger partial charge is 0.338 e. The van der Waals surface area contributed by atoms with Gasteiger partial charge in [0.2, 0.25) is 0 Å². The molecule has 0 saturated carbocycles. The molecule has 0 spiro atoms. The van der Waals surface area contributed by atoms with Gasteiger partial charge in [-0.3, -0.25) is 0 Å². The molecule has 0 aliphatic heterocycles. The average molecular weight is 362 g/mol. The largest absolute Gasteiger partial charge is 0.416 e. The van der Waals surface area contributed by atoms with Gasteiger partial charge in [0.15, 0.2) is 0 Å².